The van der Waals surface area contributed by atoms with Gasteiger partial charge in [0.25, 0.3) is 0 Å². The van der Waals surface area contributed by atoms with Gasteiger partial charge in [0.05, 0.1) is 26.3 Å². The van der Waals surface area contributed by atoms with E-state index in [0.29, 0.717) is 0 Å². The number of carboxylic acid groups (broad SMARTS) is 1. The Hall–Kier alpha value is -2.61. The molecule has 0 aliphatic rings. The number of ether oxygens (including phenoxy) is 2. The number of nitrogens with one attached hydrogen (secondary N) is 2. The molecule has 0 unspecified atom stereocenters. The largest absolute Gasteiger partial charge is 1.00 e. The molecule has 1 aromatic carbocycles. The second kappa shape index (κ2) is 10.1. The number of anilines is 1. The third kappa shape index (κ3) is 6.53. The number of amides is 2. The number of methoxy groups -OCH3 is 2. The average molecular weight is 420 g/mol. The number of carboxylic acids is 1. The fraction of sp³-hybridized carbons (Fsp3) is 0.143. The zero-order valence-corrected chi connectivity index (χ0v) is 17.8. The molecule has 14 heteroatoms. The number of hydrogen-bond donors (Lipinski definition) is 2. The molecule has 12 nitrogen and oxygen atoms in total. The Morgan fingerprint density at radius 2 is 1.64 bits per heavy atom. The molecule has 1 aromatic heterocycles. The molecule has 2 N–H and O–H groups in total. The van der Waals surface area contributed by atoms with Crippen molar-refractivity contribution < 1.29 is 66.3 Å². The minimum Gasteiger partial charge on any atom is -0.545 e. The normalized spacial score (nSPS) is 10.2. The van der Waals surface area contributed by atoms with Crippen LogP contribution in [0.4, 0.5) is 10.7 Å². The van der Waals surface area contributed by atoms with E-state index < -0.39 is 33.6 Å². The molecular weight excluding hydrogens is 407 g/mol. The van der Waals surface area contributed by atoms with Gasteiger partial charge in [0.1, 0.15) is 0 Å². The molecule has 2 aromatic rings. The van der Waals surface area contributed by atoms with E-state index in [2.05, 4.69) is 19.5 Å². The standard InChI is InChI=1S/C14H14N4O8S.Na/c1-24-10-7-11(25-2)16-13(15-10)17-14(21)18-27(22,23)26-9-6-4-3-5-8(9)12(19)20;/h3-7H,1-2H3,(H,19,20)(H2,15,16,17,18,21);/q;+1/p-1. The van der Waals surface area contributed by atoms with Gasteiger partial charge in [0.15, 0.2) is 5.75 Å². The number of carbonyl (C=O) groups excluding carboxylic acids is 2. The predicted molar refractivity (Wildman–Crippen MR) is 87.6 cm³/mol. The summed E-state index contributed by atoms with van der Waals surface area (Å²) in [5.41, 5.74) is -0.510. The first-order valence-corrected chi connectivity index (χ1v) is 8.45. The first kappa shape index (κ1) is 23.4. The summed E-state index contributed by atoms with van der Waals surface area (Å²) in [5, 5.41) is 13.0. The summed E-state index contributed by atoms with van der Waals surface area (Å²) in [6.45, 7) is 0. The van der Waals surface area contributed by atoms with Crippen molar-refractivity contribution in [3.63, 3.8) is 0 Å². The zero-order valence-electron chi connectivity index (χ0n) is 15.0. The summed E-state index contributed by atoms with van der Waals surface area (Å²) < 4.78 is 39.7. The van der Waals surface area contributed by atoms with Crippen LogP contribution in [0.5, 0.6) is 17.5 Å². The molecule has 2 rings (SSSR count). The maximum absolute atomic E-state index is 11.9. The van der Waals surface area contributed by atoms with Crippen molar-refractivity contribution in [1.82, 2.24) is 14.7 Å². The van der Waals surface area contributed by atoms with E-state index in [1.165, 1.54) is 37.1 Å². The molecule has 2 amide bonds. The Labute approximate surface area is 181 Å². The monoisotopic (exact) mass is 420 g/mol. The minimum absolute atomic E-state index is 0. The maximum Gasteiger partial charge on any atom is 1.00 e. The van der Waals surface area contributed by atoms with Crippen LogP contribution in [0.15, 0.2) is 30.3 Å². The molecule has 0 aliphatic carbocycles. The number of para-hydroxylation sites is 1. The van der Waals surface area contributed by atoms with E-state index >= 15 is 0 Å². The van der Waals surface area contributed by atoms with Crippen molar-refractivity contribution in [2.24, 2.45) is 0 Å². The number of benzene rings is 1. The van der Waals surface area contributed by atoms with Gasteiger partial charge in [-0.15, -0.1) is 0 Å². The third-order valence-corrected chi connectivity index (χ3v) is 3.68. The van der Waals surface area contributed by atoms with Gasteiger partial charge < -0.3 is 23.6 Å². The number of nitrogens with zero attached hydrogens (tertiary/aromatic N) is 2. The zero-order chi connectivity index (χ0) is 20.0. The molecule has 0 radical (unpaired) electrons. The van der Waals surface area contributed by atoms with Crippen LogP contribution in [0, 0.1) is 0 Å². The third-order valence-electron chi connectivity index (χ3n) is 2.85. The summed E-state index contributed by atoms with van der Waals surface area (Å²) in [5.74, 6) is -2.38. The van der Waals surface area contributed by atoms with Gasteiger partial charge >= 0.3 is 45.9 Å². The van der Waals surface area contributed by atoms with Gasteiger partial charge in [0.2, 0.25) is 17.7 Å². The fourth-order valence-corrected chi connectivity index (χ4v) is 2.46. The Morgan fingerprint density at radius 3 is 2.18 bits per heavy atom. The topological polar surface area (TPSA) is 169 Å². The number of aromatic nitrogens is 2. The average Bonchev–Trinajstić information content (AvgIpc) is 2.60. The summed E-state index contributed by atoms with van der Waals surface area (Å²) in [6.07, 6.45) is 0. The van der Waals surface area contributed by atoms with Gasteiger partial charge in [-0.3, -0.25) is 5.32 Å². The van der Waals surface area contributed by atoms with Crippen LogP contribution in [0.2, 0.25) is 0 Å². The quantitative estimate of drug-likeness (QED) is 0.425. The Kier molecular flexibility index (Phi) is 8.43. The summed E-state index contributed by atoms with van der Waals surface area (Å²) in [6, 6.07) is 4.91. The van der Waals surface area contributed by atoms with Crippen LogP contribution in [0.1, 0.15) is 10.4 Å². The van der Waals surface area contributed by atoms with Crippen LogP contribution < -0.4 is 58.4 Å². The Morgan fingerprint density at radius 1 is 1.07 bits per heavy atom. The number of aromatic carboxylic acids is 1. The van der Waals surface area contributed by atoms with Crippen LogP contribution in [-0.4, -0.2) is 44.6 Å². The van der Waals surface area contributed by atoms with Gasteiger partial charge in [-0.2, -0.15) is 18.4 Å². The van der Waals surface area contributed by atoms with Gasteiger partial charge in [-0.25, -0.2) is 9.52 Å². The molecular formula is C14H13N4NaO8S. The van der Waals surface area contributed by atoms with E-state index in [1.54, 1.807) is 0 Å². The first-order chi connectivity index (χ1) is 12.7. The van der Waals surface area contributed by atoms with Crippen molar-refractivity contribution in [2.45, 2.75) is 0 Å². The molecule has 1 heterocycles. The van der Waals surface area contributed by atoms with Crippen molar-refractivity contribution in [3.8, 4) is 17.5 Å². The predicted octanol–water partition coefficient (Wildman–Crippen LogP) is -3.69. The number of urea groups is 1. The molecule has 144 valence electrons. The fourth-order valence-electron chi connectivity index (χ4n) is 1.76. The van der Waals surface area contributed by atoms with Crippen LogP contribution in [-0.2, 0) is 10.3 Å². The van der Waals surface area contributed by atoms with E-state index in [-0.39, 0.29) is 47.3 Å². The van der Waals surface area contributed by atoms with Gasteiger partial charge in [-0.05, 0) is 12.1 Å². The van der Waals surface area contributed by atoms with Crippen LogP contribution in [0.25, 0.3) is 0 Å². The smallest absolute Gasteiger partial charge is 0.545 e. The van der Waals surface area contributed by atoms with Gasteiger partial charge in [-0.1, -0.05) is 12.1 Å². The number of hydrogen-bond acceptors (Lipinski definition) is 10. The van der Waals surface area contributed by atoms with Crippen molar-refractivity contribution in [3.05, 3.63) is 35.9 Å². The molecule has 0 fully saturated rings. The van der Waals surface area contributed by atoms with Gasteiger partial charge in [0, 0.05) is 5.56 Å². The molecule has 0 atom stereocenters. The van der Waals surface area contributed by atoms with Crippen molar-refractivity contribution in [2.75, 3.05) is 19.5 Å². The second-order valence-corrected chi connectivity index (χ2v) is 5.93. The number of carbonyl (C=O) groups is 2. The summed E-state index contributed by atoms with van der Waals surface area (Å²) >= 11 is 0. The van der Waals surface area contributed by atoms with E-state index in [0.717, 1.165) is 12.1 Å². The molecule has 0 saturated carbocycles. The van der Waals surface area contributed by atoms with Crippen molar-refractivity contribution in [1.29, 1.82) is 0 Å². The number of rotatable bonds is 7. The molecule has 0 aliphatic heterocycles. The molecule has 0 saturated heterocycles. The SMILES string of the molecule is COc1cc(OC)nc(NC(=O)NS(=O)(=O)Oc2ccccc2C(=O)[O-])n1.[Na+]. The Bertz CT molecular complexity index is 947. The summed E-state index contributed by atoms with van der Waals surface area (Å²) in [4.78, 5) is 30.4. The van der Waals surface area contributed by atoms with Crippen molar-refractivity contribution >= 4 is 28.3 Å². The molecule has 0 spiro atoms. The molecule has 0 bridgehead atoms. The first-order valence-electron chi connectivity index (χ1n) is 7.04. The summed E-state index contributed by atoms with van der Waals surface area (Å²) in [7, 11) is -2.08. The van der Waals surface area contributed by atoms with E-state index in [1.807, 2.05) is 0 Å². The molecule has 28 heavy (non-hydrogen) atoms. The second-order valence-electron chi connectivity index (χ2n) is 4.65. The minimum atomic E-state index is -4.71. The Balaban J connectivity index is 0.00000392. The van der Waals surface area contributed by atoms with E-state index in [4.69, 9.17) is 9.47 Å². The van der Waals surface area contributed by atoms with Crippen LogP contribution >= 0.6 is 0 Å². The van der Waals surface area contributed by atoms with E-state index in [9.17, 15) is 23.1 Å². The van der Waals surface area contributed by atoms with Crippen LogP contribution in [0.3, 0.4) is 0 Å². The maximum atomic E-state index is 11.9.